The summed E-state index contributed by atoms with van der Waals surface area (Å²) in [5.74, 6) is -2.62. The van der Waals surface area contributed by atoms with Crippen molar-refractivity contribution in [3.63, 3.8) is 0 Å². The number of nitrogens with one attached hydrogen (secondary N) is 1. The van der Waals surface area contributed by atoms with E-state index in [1.807, 2.05) is 0 Å². The molecule has 0 aromatic carbocycles. The van der Waals surface area contributed by atoms with Crippen LogP contribution in [0.15, 0.2) is 18.3 Å². The van der Waals surface area contributed by atoms with Crippen molar-refractivity contribution in [1.82, 2.24) is 15.2 Å². The molecule has 0 spiro atoms. The maximum Gasteiger partial charge on any atom is 0.327 e. The van der Waals surface area contributed by atoms with Crippen LogP contribution >= 0.6 is 0 Å². The molecule has 1 aliphatic rings. The normalized spacial score (nSPS) is 22.4. The maximum absolute atomic E-state index is 12.1. The largest absolute Gasteiger partial charge is 0.480 e. The van der Waals surface area contributed by atoms with Crippen molar-refractivity contribution in [2.24, 2.45) is 5.92 Å². The quantitative estimate of drug-likeness (QED) is 0.674. The van der Waals surface area contributed by atoms with Crippen molar-refractivity contribution in [2.75, 3.05) is 12.8 Å². The number of aliphatic carboxylic acids is 1. The summed E-state index contributed by atoms with van der Waals surface area (Å²) in [6, 6.07) is 1.38. The molecule has 1 saturated heterocycles. The summed E-state index contributed by atoms with van der Waals surface area (Å²) in [5, 5.41) is 11.5. The second-order valence-corrected chi connectivity index (χ2v) is 4.87. The number of urea groups is 1. The maximum atomic E-state index is 12.1. The van der Waals surface area contributed by atoms with Gasteiger partial charge in [-0.25, -0.2) is 19.5 Å². The van der Waals surface area contributed by atoms with Crippen molar-refractivity contribution < 1.29 is 19.5 Å². The molecule has 2 heterocycles. The third-order valence-corrected chi connectivity index (χ3v) is 3.70. The van der Waals surface area contributed by atoms with Gasteiger partial charge in [-0.1, -0.05) is 6.92 Å². The van der Waals surface area contributed by atoms with E-state index in [1.165, 1.54) is 13.2 Å². The van der Waals surface area contributed by atoms with E-state index in [0.29, 0.717) is 11.4 Å². The number of rotatable bonds is 3. The molecule has 8 nitrogen and oxygen atoms in total. The van der Waals surface area contributed by atoms with Gasteiger partial charge in [0.1, 0.15) is 5.82 Å². The zero-order valence-electron chi connectivity index (χ0n) is 11.6. The van der Waals surface area contributed by atoms with Crippen molar-refractivity contribution in [3.8, 4) is 0 Å². The van der Waals surface area contributed by atoms with Gasteiger partial charge in [0.2, 0.25) is 5.91 Å². The average Bonchev–Trinajstić information content (AvgIpc) is 2.43. The van der Waals surface area contributed by atoms with E-state index in [2.05, 4.69) is 10.3 Å². The Balaban J connectivity index is 2.29. The van der Waals surface area contributed by atoms with E-state index in [-0.39, 0.29) is 5.92 Å². The van der Waals surface area contributed by atoms with Crippen LogP contribution in [-0.4, -0.2) is 46.0 Å². The number of carbonyl (C=O) groups excluding carboxylic acids is 2. The molecule has 8 heteroatoms. The van der Waals surface area contributed by atoms with Gasteiger partial charge in [0.25, 0.3) is 0 Å². The minimum Gasteiger partial charge on any atom is -0.480 e. The smallest absolute Gasteiger partial charge is 0.327 e. The van der Waals surface area contributed by atoms with Crippen LogP contribution < -0.4 is 11.1 Å². The molecule has 0 saturated carbocycles. The van der Waals surface area contributed by atoms with E-state index in [0.717, 1.165) is 4.90 Å². The lowest BCUT2D eigenvalue weighted by molar-refractivity contribution is -0.166. The van der Waals surface area contributed by atoms with Crippen LogP contribution in [0.25, 0.3) is 0 Å². The van der Waals surface area contributed by atoms with Crippen LogP contribution in [0.5, 0.6) is 0 Å². The number of hydrogen-bond donors (Lipinski definition) is 3. The highest BCUT2D eigenvalue weighted by Crippen LogP contribution is 2.38. The van der Waals surface area contributed by atoms with Gasteiger partial charge >= 0.3 is 12.0 Å². The molecule has 3 amide bonds. The molecule has 3 atom stereocenters. The van der Waals surface area contributed by atoms with Gasteiger partial charge < -0.3 is 16.2 Å². The fraction of sp³-hybridized carbons (Fsp3) is 0.385. The number of carboxylic acids is 1. The minimum atomic E-state index is -1.21. The van der Waals surface area contributed by atoms with Gasteiger partial charge in [0.05, 0.1) is 5.92 Å². The molecule has 0 aliphatic carbocycles. The summed E-state index contributed by atoms with van der Waals surface area (Å²) in [5.41, 5.74) is 6.31. The van der Waals surface area contributed by atoms with E-state index in [4.69, 9.17) is 5.73 Å². The summed E-state index contributed by atoms with van der Waals surface area (Å²) in [6.07, 6.45) is 1.50. The number of pyridine rings is 1. The number of likely N-dealkylation sites (tertiary alicyclic amines) is 1. The third-order valence-electron chi connectivity index (χ3n) is 3.70. The highest BCUT2D eigenvalue weighted by atomic mass is 16.4. The Labute approximate surface area is 120 Å². The van der Waals surface area contributed by atoms with Crippen LogP contribution in [0, 0.1) is 5.92 Å². The van der Waals surface area contributed by atoms with Crippen LogP contribution in [-0.2, 0) is 9.59 Å². The molecular formula is C13H16N4O4. The molecule has 2 rings (SSSR count). The Morgan fingerprint density at radius 3 is 2.71 bits per heavy atom. The lowest BCUT2D eigenvalue weighted by Gasteiger charge is -2.45. The highest BCUT2D eigenvalue weighted by molar-refractivity contribution is 6.07. The number of carbonyl (C=O) groups is 3. The van der Waals surface area contributed by atoms with E-state index < -0.39 is 29.9 Å². The first-order valence-corrected chi connectivity index (χ1v) is 6.37. The number of carboxylic acid groups (broad SMARTS) is 1. The fourth-order valence-corrected chi connectivity index (χ4v) is 2.57. The van der Waals surface area contributed by atoms with Gasteiger partial charge in [-0.2, -0.15) is 0 Å². The number of nitrogens with two attached hydrogens (primary N) is 1. The van der Waals surface area contributed by atoms with Crippen LogP contribution in [0.1, 0.15) is 18.4 Å². The first-order valence-electron chi connectivity index (χ1n) is 6.37. The summed E-state index contributed by atoms with van der Waals surface area (Å²) in [7, 11) is 1.34. The van der Waals surface area contributed by atoms with E-state index >= 15 is 0 Å². The summed E-state index contributed by atoms with van der Waals surface area (Å²) >= 11 is 0. The Morgan fingerprint density at radius 1 is 1.52 bits per heavy atom. The number of anilines is 1. The number of amides is 3. The highest BCUT2D eigenvalue weighted by Gasteiger charge is 2.56. The van der Waals surface area contributed by atoms with Crippen molar-refractivity contribution in [2.45, 2.75) is 18.9 Å². The molecule has 4 N–H and O–H groups in total. The molecule has 1 aromatic heterocycles. The molecule has 2 unspecified atom stereocenters. The Kier molecular flexibility index (Phi) is 3.79. The first kappa shape index (κ1) is 14.8. The van der Waals surface area contributed by atoms with Gasteiger partial charge in [0, 0.05) is 13.2 Å². The second-order valence-electron chi connectivity index (χ2n) is 4.87. The monoisotopic (exact) mass is 292 g/mol. The number of hydrogen-bond acceptors (Lipinski definition) is 5. The molecule has 21 heavy (non-hydrogen) atoms. The van der Waals surface area contributed by atoms with Crippen molar-refractivity contribution >= 4 is 23.7 Å². The Hall–Kier alpha value is -2.64. The SMILES string of the molecule is CNC(=O)N1C(=O)[C@H](C(C)c2ccnc(N)c2)C1C(=O)O. The molecule has 1 fully saturated rings. The van der Waals surface area contributed by atoms with Gasteiger partial charge in [0.15, 0.2) is 6.04 Å². The number of nitrogens with zero attached hydrogens (tertiary/aromatic N) is 2. The predicted molar refractivity (Wildman–Crippen MR) is 73.3 cm³/mol. The van der Waals surface area contributed by atoms with Crippen LogP contribution in [0.3, 0.4) is 0 Å². The van der Waals surface area contributed by atoms with Crippen molar-refractivity contribution in [1.29, 1.82) is 0 Å². The zero-order chi connectivity index (χ0) is 15.7. The topological polar surface area (TPSA) is 126 Å². The van der Waals surface area contributed by atoms with Crippen molar-refractivity contribution in [3.05, 3.63) is 23.9 Å². The third kappa shape index (κ3) is 2.39. The van der Waals surface area contributed by atoms with Crippen LogP contribution in [0.4, 0.5) is 10.6 Å². The average molecular weight is 292 g/mol. The summed E-state index contributed by atoms with van der Waals surface area (Å²) in [4.78, 5) is 39.7. The van der Waals surface area contributed by atoms with Gasteiger partial charge in [-0.15, -0.1) is 0 Å². The lowest BCUT2D eigenvalue weighted by atomic mass is 9.75. The molecule has 0 radical (unpaired) electrons. The number of nitrogen functional groups attached to an aromatic ring is 1. The number of imide groups is 1. The molecule has 1 aromatic rings. The lowest BCUT2D eigenvalue weighted by Crippen LogP contribution is -2.68. The van der Waals surface area contributed by atoms with E-state index in [1.54, 1.807) is 19.1 Å². The second kappa shape index (κ2) is 5.39. The zero-order valence-corrected chi connectivity index (χ0v) is 11.6. The Bertz CT molecular complexity index is 604. The fourth-order valence-electron chi connectivity index (χ4n) is 2.57. The molecular weight excluding hydrogens is 276 g/mol. The summed E-state index contributed by atoms with van der Waals surface area (Å²) in [6.45, 7) is 1.73. The Morgan fingerprint density at radius 2 is 2.19 bits per heavy atom. The summed E-state index contributed by atoms with van der Waals surface area (Å²) < 4.78 is 0. The van der Waals surface area contributed by atoms with E-state index in [9.17, 15) is 19.5 Å². The van der Waals surface area contributed by atoms with Gasteiger partial charge in [-0.3, -0.25) is 4.79 Å². The van der Waals surface area contributed by atoms with Gasteiger partial charge in [-0.05, 0) is 23.6 Å². The molecule has 112 valence electrons. The molecule has 1 aliphatic heterocycles. The molecule has 0 bridgehead atoms. The first-order chi connectivity index (χ1) is 9.88. The number of β-lactam (4-membered cyclic amide) rings is 1. The van der Waals surface area contributed by atoms with Crippen LogP contribution in [0.2, 0.25) is 0 Å². The predicted octanol–water partition coefficient (Wildman–Crippen LogP) is 0.0183. The minimum absolute atomic E-state index is 0.293. The standard InChI is InChI=1S/C13H16N4O4/c1-6(7-3-4-16-8(14)5-7)9-10(12(19)20)17(11(9)18)13(21)15-2/h3-6,9-10H,1-2H3,(H2,14,16)(H,15,21)(H,19,20)/t6?,9-,10?/m1/s1. The number of aromatic nitrogens is 1.